The van der Waals surface area contributed by atoms with E-state index in [1.54, 1.807) is 19.9 Å². The minimum atomic E-state index is -1.01. The van der Waals surface area contributed by atoms with E-state index < -0.39 is 12.1 Å². The van der Waals surface area contributed by atoms with Crippen LogP contribution in [0.25, 0.3) is 0 Å². The van der Waals surface area contributed by atoms with E-state index in [1.165, 1.54) is 6.07 Å². The number of carboxylic acids is 1. The standard InChI is InChI=1S/C24H31ClFNO4/c1-14(2)31-23(24(29)30)11-18-8-17(5-6-28)9-19(10-18)13-27-16(4)20-7-15(3)21(25)12-22(20)26/h7-10,12,14,16,23,27-28H,5-6,11,13H2,1-4H3,(H,29,30). The van der Waals surface area contributed by atoms with Crippen molar-refractivity contribution in [2.45, 2.75) is 65.3 Å². The Hall–Kier alpha value is -1.99. The minimum Gasteiger partial charge on any atom is -0.479 e. The molecule has 0 aliphatic rings. The lowest BCUT2D eigenvalue weighted by Crippen LogP contribution is -2.29. The fourth-order valence-electron chi connectivity index (χ4n) is 3.46. The van der Waals surface area contributed by atoms with Gasteiger partial charge in [0.25, 0.3) is 0 Å². The molecule has 7 heteroatoms. The molecule has 0 amide bonds. The number of hydrogen-bond donors (Lipinski definition) is 3. The topological polar surface area (TPSA) is 78.8 Å². The van der Waals surface area contributed by atoms with Gasteiger partial charge in [0.1, 0.15) is 5.82 Å². The molecule has 0 aliphatic carbocycles. The Balaban J connectivity index is 2.20. The van der Waals surface area contributed by atoms with Crippen LogP contribution in [0.4, 0.5) is 4.39 Å². The molecule has 2 aromatic rings. The largest absolute Gasteiger partial charge is 0.479 e. The van der Waals surface area contributed by atoms with Crippen LogP contribution < -0.4 is 5.32 Å². The SMILES string of the molecule is Cc1cc(C(C)NCc2cc(CCO)cc(CC(OC(C)C)C(=O)O)c2)c(F)cc1Cl. The van der Waals surface area contributed by atoms with Gasteiger partial charge in [-0.1, -0.05) is 35.9 Å². The molecule has 2 rings (SSSR count). The minimum absolute atomic E-state index is 0.00710. The van der Waals surface area contributed by atoms with Crippen LogP contribution in [-0.2, 0) is 28.9 Å². The summed E-state index contributed by atoms with van der Waals surface area (Å²) in [6, 6.07) is 8.59. The van der Waals surface area contributed by atoms with Crippen LogP contribution >= 0.6 is 11.6 Å². The molecule has 2 atom stereocenters. The van der Waals surface area contributed by atoms with Gasteiger partial charge in [-0.05, 0) is 62.4 Å². The van der Waals surface area contributed by atoms with Gasteiger partial charge >= 0.3 is 5.97 Å². The third-order valence-corrected chi connectivity index (χ3v) is 5.41. The summed E-state index contributed by atoms with van der Waals surface area (Å²) in [7, 11) is 0. The van der Waals surface area contributed by atoms with Gasteiger partial charge in [0, 0.05) is 36.2 Å². The Kier molecular flexibility index (Phi) is 9.44. The Labute approximate surface area is 188 Å². The van der Waals surface area contributed by atoms with Gasteiger partial charge in [0.05, 0.1) is 6.10 Å². The molecule has 0 spiro atoms. The second-order valence-electron chi connectivity index (χ2n) is 8.07. The van der Waals surface area contributed by atoms with E-state index >= 15 is 0 Å². The molecule has 0 aromatic heterocycles. The lowest BCUT2D eigenvalue weighted by atomic mass is 9.99. The highest BCUT2D eigenvalue weighted by Gasteiger charge is 2.21. The first-order valence-corrected chi connectivity index (χ1v) is 10.8. The molecule has 0 heterocycles. The molecule has 170 valence electrons. The molecule has 0 radical (unpaired) electrons. The number of nitrogens with one attached hydrogen (secondary N) is 1. The van der Waals surface area contributed by atoms with E-state index in [9.17, 15) is 19.4 Å². The Bertz CT molecular complexity index is 903. The third kappa shape index (κ3) is 7.58. The summed E-state index contributed by atoms with van der Waals surface area (Å²) in [5.74, 6) is -1.37. The van der Waals surface area contributed by atoms with Gasteiger partial charge in [-0.3, -0.25) is 0 Å². The molecule has 2 aromatic carbocycles. The summed E-state index contributed by atoms with van der Waals surface area (Å²) in [5.41, 5.74) is 3.99. The first-order chi connectivity index (χ1) is 14.6. The number of ether oxygens (including phenoxy) is 1. The van der Waals surface area contributed by atoms with E-state index in [-0.39, 0.29) is 31.0 Å². The van der Waals surface area contributed by atoms with E-state index in [0.717, 1.165) is 22.3 Å². The molecular weight excluding hydrogens is 421 g/mol. The highest BCUT2D eigenvalue weighted by atomic mass is 35.5. The van der Waals surface area contributed by atoms with Crippen LogP contribution in [-0.4, -0.2) is 35.0 Å². The summed E-state index contributed by atoms with van der Waals surface area (Å²) in [6.07, 6.45) is -0.471. The zero-order chi connectivity index (χ0) is 23.1. The van der Waals surface area contributed by atoms with Crippen molar-refractivity contribution in [2.75, 3.05) is 6.61 Å². The molecule has 0 aliphatic heterocycles. The quantitative estimate of drug-likeness (QED) is 0.465. The summed E-state index contributed by atoms with van der Waals surface area (Å²) < 4.78 is 19.9. The molecule has 2 unspecified atom stereocenters. The van der Waals surface area contributed by atoms with Crippen LogP contribution in [0.5, 0.6) is 0 Å². The van der Waals surface area contributed by atoms with Gasteiger partial charge in [-0.25, -0.2) is 9.18 Å². The molecular formula is C24H31ClFNO4. The van der Waals surface area contributed by atoms with Crippen LogP contribution in [0.2, 0.25) is 5.02 Å². The number of halogens is 2. The van der Waals surface area contributed by atoms with Crippen molar-refractivity contribution in [3.05, 3.63) is 69.0 Å². The van der Waals surface area contributed by atoms with Crippen LogP contribution in [0, 0.1) is 12.7 Å². The summed E-state index contributed by atoms with van der Waals surface area (Å²) >= 11 is 5.99. The van der Waals surface area contributed by atoms with Gasteiger partial charge in [-0.15, -0.1) is 0 Å². The number of aliphatic hydroxyl groups excluding tert-OH is 1. The Morgan fingerprint density at radius 1 is 1.13 bits per heavy atom. The molecule has 5 nitrogen and oxygen atoms in total. The number of aliphatic hydroxyl groups is 1. The second kappa shape index (κ2) is 11.6. The van der Waals surface area contributed by atoms with E-state index in [2.05, 4.69) is 5.32 Å². The normalized spacial score (nSPS) is 13.4. The first kappa shape index (κ1) is 25.3. The molecule has 31 heavy (non-hydrogen) atoms. The third-order valence-electron chi connectivity index (χ3n) is 5.00. The lowest BCUT2D eigenvalue weighted by molar-refractivity contribution is -0.153. The molecule has 0 bridgehead atoms. The predicted molar refractivity (Wildman–Crippen MR) is 120 cm³/mol. The number of rotatable bonds is 11. The zero-order valence-electron chi connectivity index (χ0n) is 18.4. The van der Waals surface area contributed by atoms with Gasteiger partial charge in [-0.2, -0.15) is 0 Å². The van der Waals surface area contributed by atoms with Gasteiger partial charge in [0.2, 0.25) is 0 Å². The van der Waals surface area contributed by atoms with Crippen molar-refractivity contribution in [2.24, 2.45) is 0 Å². The fourth-order valence-corrected chi connectivity index (χ4v) is 3.61. The van der Waals surface area contributed by atoms with Crippen molar-refractivity contribution in [1.29, 1.82) is 0 Å². The van der Waals surface area contributed by atoms with Gasteiger partial charge in [0.15, 0.2) is 6.10 Å². The van der Waals surface area contributed by atoms with Crippen LogP contribution in [0.1, 0.15) is 54.6 Å². The second-order valence-corrected chi connectivity index (χ2v) is 8.48. The number of aliphatic carboxylic acids is 1. The summed E-state index contributed by atoms with van der Waals surface area (Å²) in [4.78, 5) is 11.6. The van der Waals surface area contributed by atoms with Crippen molar-refractivity contribution in [3.63, 3.8) is 0 Å². The maximum absolute atomic E-state index is 14.3. The monoisotopic (exact) mass is 451 g/mol. The predicted octanol–water partition coefficient (Wildman–Crippen LogP) is 4.59. The number of carbonyl (C=O) groups is 1. The van der Waals surface area contributed by atoms with Crippen molar-refractivity contribution >= 4 is 17.6 Å². The summed E-state index contributed by atoms with van der Waals surface area (Å²) in [6.45, 7) is 7.75. The number of aryl methyl sites for hydroxylation is 1. The molecule has 0 saturated heterocycles. The smallest absolute Gasteiger partial charge is 0.333 e. The molecule has 3 N–H and O–H groups in total. The molecule has 0 fully saturated rings. The zero-order valence-corrected chi connectivity index (χ0v) is 19.2. The highest BCUT2D eigenvalue weighted by molar-refractivity contribution is 6.31. The summed E-state index contributed by atoms with van der Waals surface area (Å²) in [5, 5.41) is 22.5. The van der Waals surface area contributed by atoms with Crippen LogP contribution in [0.3, 0.4) is 0 Å². The van der Waals surface area contributed by atoms with E-state index in [4.69, 9.17) is 16.3 Å². The highest BCUT2D eigenvalue weighted by Crippen LogP contribution is 2.25. The first-order valence-electron chi connectivity index (χ1n) is 10.4. The lowest BCUT2D eigenvalue weighted by Gasteiger charge is -2.19. The number of benzene rings is 2. The maximum atomic E-state index is 14.3. The number of hydrogen-bond acceptors (Lipinski definition) is 4. The van der Waals surface area contributed by atoms with Gasteiger partial charge < -0.3 is 20.3 Å². The van der Waals surface area contributed by atoms with E-state index in [1.807, 2.05) is 32.0 Å². The number of carboxylic acid groups (broad SMARTS) is 1. The maximum Gasteiger partial charge on any atom is 0.333 e. The average molecular weight is 452 g/mol. The molecule has 0 saturated carbocycles. The Morgan fingerprint density at radius 2 is 1.77 bits per heavy atom. The average Bonchev–Trinajstić information content (AvgIpc) is 2.68. The Morgan fingerprint density at radius 3 is 2.39 bits per heavy atom. The van der Waals surface area contributed by atoms with Crippen LogP contribution in [0.15, 0.2) is 30.3 Å². The van der Waals surface area contributed by atoms with Crippen molar-refractivity contribution in [1.82, 2.24) is 5.32 Å². The van der Waals surface area contributed by atoms with E-state index in [0.29, 0.717) is 23.6 Å². The van der Waals surface area contributed by atoms with Crippen molar-refractivity contribution in [3.8, 4) is 0 Å². The fraction of sp³-hybridized carbons (Fsp3) is 0.458. The van der Waals surface area contributed by atoms with Crippen molar-refractivity contribution < 1.29 is 24.1 Å².